The monoisotopic (exact) mass is 403 g/mol. The third-order valence-electron chi connectivity index (χ3n) is 5.61. The van der Waals surface area contributed by atoms with Gasteiger partial charge in [0.15, 0.2) is 0 Å². The fourth-order valence-corrected chi connectivity index (χ4v) is 4.30. The number of allylic oxidation sites excluding steroid dienone is 2. The first kappa shape index (κ1) is 20.8. The number of benzene rings is 1. The molecule has 4 atom stereocenters. The largest absolute Gasteiger partial charge is 0.481 e. The van der Waals surface area contributed by atoms with Gasteiger partial charge in [-0.2, -0.15) is 0 Å². The van der Waals surface area contributed by atoms with E-state index >= 15 is 0 Å². The smallest absolute Gasteiger partial charge is 0.303 e. The molecule has 6 heteroatoms. The standard InChI is InChI=1S/C22H29NO4S/c24-21(25)11-7-2-1-6-10-17-18(20-13-12-19(17)27-20)15-26-22(28)23-14-16-8-4-3-5-9-16/h1,3-6,8-9,17-20H,2,7,10-15H2,(H,23,28)(H,24,25)/t17-,18+,19-,20+/m1/s1. The van der Waals surface area contributed by atoms with E-state index in [9.17, 15) is 4.79 Å². The molecule has 0 aliphatic carbocycles. The van der Waals surface area contributed by atoms with E-state index in [2.05, 4.69) is 29.6 Å². The molecule has 0 spiro atoms. The summed E-state index contributed by atoms with van der Waals surface area (Å²) < 4.78 is 12.0. The summed E-state index contributed by atoms with van der Waals surface area (Å²) in [5.74, 6) is 0.0780. The number of aliphatic carboxylic acids is 1. The molecule has 3 rings (SSSR count). The van der Waals surface area contributed by atoms with Crippen molar-refractivity contribution in [1.29, 1.82) is 0 Å². The molecule has 0 amide bonds. The minimum Gasteiger partial charge on any atom is -0.481 e. The van der Waals surface area contributed by atoms with Crippen molar-refractivity contribution in [3.05, 3.63) is 48.0 Å². The molecular weight excluding hydrogens is 374 g/mol. The Hall–Kier alpha value is -1.92. The average molecular weight is 404 g/mol. The van der Waals surface area contributed by atoms with E-state index in [1.807, 2.05) is 18.2 Å². The van der Waals surface area contributed by atoms with Crippen LogP contribution in [-0.2, 0) is 20.8 Å². The molecule has 2 aliphatic heterocycles. The minimum atomic E-state index is -0.732. The Balaban J connectivity index is 1.40. The Kier molecular flexibility index (Phi) is 7.86. The summed E-state index contributed by atoms with van der Waals surface area (Å²) in [6.07, 6.45) is 9.75. The quantitative estimate of drug-likeness (QED) is 0.349. The summed E-state index contributed by atoms with van der Waals surface area (Å²) in [4.78, 5) is 10.6. The number of thiocarbonyl (C=S) groups is 1. The van der Waals surface area contributed by atoms with Gasteiger partial charge in [-0.1, -0.05) is 42.5 Å². The minimum absolute atomic E-state index is 0.228. The van der Waals surface area contributed by atoms with Crippen molar-refractivity contribution in [2.45, 2.75) is 57.3 Å². The lowest BCUT2D eigenvalue weighted by Gasteiger charge is -2.27. The number of nitrogens with one attached hydrogen (secondary N) is 1. The van der Waals surface area contributed by atoms with Crippen LogP contribution in [0, 0.1) is 11.8 Å². The third kappa shape index (κ3) is 6.04. The Bertz CT molecular complexity index is 678. The first-order chi connectivity index (χ1) is 13.6. The van der Waals surface area contributed by atoms with E-state index < -0.39 is 5.97 Å². The van der Waals surface area contributed by atoms with Crippen LogP contribution >= 0.6 is 12.2 Å². The lowest BCUT2D eigenvalue weighted by atomic mass is 9.78. The Morgan fingerprint density at radius 3 is 2.71 bits per heavy atom. The molecule has 0 saturated carbocycles. The molecule has 28 heavy (non-hydrogen) atoms. The highest BCUT2D eigenvalue weighted by molar-refractivity contribution is 7.80. The van der Waals surface area contributed by atoms with Crippen molar-refractivity contribution >= 4 is 23.4 Å². The fraction of sp³-hybridized carbons (Fsp3) is 0.545. The molecule has 0 radical (unpaired) electrons. The number of ether oxygens (including phenoxy) is 2. The number of rotatable bonds is 10. The Labute approximate surface area is 172 Å². The van der Waals surface area contributed by atoms with Gasteiger partial charge in [-0.05, 0) is 55.8 Å². The molecule has 5 nitrogen and oxygen atoms in total. The van der Waals surface area contributed by atoms with Gasteiger partial charge in [0, 0.05) is 18.9 Å². The lowest BCUT2D eigenvalue weighted by molar-refractivity contribution is -0.137. The number of hydrogen-bond acceptors (Lipinski definition) is 4. The molecular formula is C22H29NO4S. The van der Waals surface area contributed by atoms with E-state index in [0.29, 0.717) is 42.7 Å². The summed E-state index contributed by atoms with van der Waals surface area (Å²) in [6.45, 7) is 1.24. The maximum atomic E-state index is 10.6. The van der Waals surface area contributed by atoms with Gasteiger partial charge in [-0.15, -0.1) is 0 Å². The van der Waals surface area contributed by atoms with Crippen molar-refractivity contribution in [3.8, 4) is 0 Å². The highest BCUT2D eigenvalue weighted by Gasteiger charge is 2.48. The van der Waals surface area contributed by atoms with Gasteiger partial charge in [0.05, 0.1) is 18.8 Å². The van der Waals surface area contributed by atoms with E-state index in [4.69, 9.17) is 26.8 Å². The zero-order valence-electron chi connectivity index (χ0n) is 16.1. The van der Waals surface area contributed by atoms with Gasteiger partial charge in [0.25, 0.3) is 5.17 Å². The molecule has 2 N–H and O–H groups in total. The summed E-state index contributed by atoms with van der Waals surface area (Å²) in [7, 11) is 0. The molecule has 152 valence electrons. The highest BCUT2D eigenvalue weighted by atomic mass is 32.1. The van der Waals surface area contributed by atoms with Gasteiger partial charge in [0.1, 0.15) is 0 Å². The first-order valence-electron chi connectivity index (χ1n) is 10.1. The number of carboxylic acids is 1. The first-order valence-corrected chi connectivity index (χ1v) is 10.5. The van der Waals surface area contributed by atoms with Crippen molar-refractivity contribution in [2.75, 3.05) is 6.61 Å². The van der Waals surface area contributed by atoms with Crippen molar-refractivity contribution in [2.24, 2.45) is 11.8 Å². The number of carbonyl (C=O) groups is 1. The molecule has 1 aromatic rings. The second-order valence-electron chi connectivity index (χ2n) is 7.55. The van der Waals surface area contributed by atoms with Gasteiger partial charge in [-0.3, -0.25) is 4.79 Å². The Morgan fingerprint density at radius 1 is 1.21 bits per heavy atom. The number of carboxylic acid groups (broad SMARTS) is 1. The summed E-state index contributed by atoms with van der Waals surface area (Å²) >= 11 is 5.33. The van der Waals surface area contributed by atoms with Gasteiger partial charge in [-0.25, -0.2) is 0 Å². The molecule has 0 aromatic heterocycles. The topological polar surface area (TPSA) is 67.8 Å². The van der Waals surface area contributed by atoms with Crippen LogP contribution in [0.3, 0.4) is 0 Å². The maximum absolute atomic E-state index is 10.6. The number of fused-ring (bicyclic) bond motifs is 2. The second kappa shape index (κ2) is 10.6. The zero-order chi connectivity index (χ0) is 19.8. The molecule has 2 saturated heterocycles. The molecule has 0 unspecified atom stereocenters. The van der Waals surface area contributed by atoms with E-state index in [0.717, 1.165) is 25.7 Å². The second-order valence-corrected chi connectivity index (χ2v) is 7.92. The molecule has 1 aromatic carbocycles. The highest BCUT2D eigenvalue weighted by Crippen LogP contribution is 2.45. The Morgan fingerprint density at radius 2 is 1.96 bits per heavy atom. The van der Waals surface area contributed by atoms with Crippen LogP contribution in [-0.4, -0.2) is 35.1 Å². The van der Waals surface area contributed by atoms with Gasteiger partial charge < -0.3 is 19.9 Å². The molecule has 2 aliphatic rings. The summed E-state index contributed by atoms with van der Waals surface area (Å²) in [6, 6.07) is 10.1. The summed E-state index contributed by atoms with van der Waals surface area (Å²) in [5, 5.41) is 12.3. The molecule has 2 heterocycles. The van der Waals surface area contributed by atoms with Crippen molar-refractivity contribution in [1.82, 2.24) is 5.32 Å². The van der Waals surface area contributed by atoms with Crippen LogP contribution < -0.4 is 5.32 Å². The predicted molar refractivity (Wildman–Crippen MR) is 112 cm³/mol. The molecule has 2 bridgehead atoms. The van der Waals surface area contributed by atoms with Crippen LogP contribution in [0.15, 0.2) is 42.5 Å². The zero-order valence-corrected chi connectivity index (χ0v) is 16.9. The van der Waals surface area contributed by atoms with Crippen LogP contribution in [0.1, 0.15) is 44.1 Å². The van der Waals surface area contributed by atoms with E-state index in [1.165, 1.54) is 5.56 Å². The van der Waals surface area contributed by atoms with Crippen LogP contribution in [0.4, 0.5) is 0 Å². The van der Waals surface area contributed by atoms with Crippen molar-refractivity contribution in [3.63, 3.8) is 0 Å². The number of hydrogen-bond donors (Lipinski definition) is 2. The SMILES string of the molecule is O=C(O)CCCC=CC[C@@H]1[C@H](COC(=S)NCc2ccccc2)[C@@H]2CC[C@H]1O2. The summed E-state index contributed by atoms with van der Waals surface area (Å²) in [5.41, 5.74) is 1.17. The number of unbranched alkanes of at least 4 members (excludes halogenated alkanes) is 1. The van der Waals surface area contributed by atoms with E-state index in [-0.39, 0.29) is 12.5 Å². The average Bonchev–Trinajstić information content (AvgIpc) is 3.30. The maximum Gasteiger partial charge on any atom is 0.303 e. The van der Waals surface area contributed by atoms with Gasteiger partial charge in [0.2, 0.25) is 0 Å². The van der Waals surface area contributed by atoms with Crippen LogP contribution in [0.2, 0.25) is 0 Å². The predicted octanol–water partition coefficient (Wildman–Crippen LogP) is 4.07. The van der Waals surface area contributed by atoms with E-state index in [1.54, 1.807) is 0 Å². The normalized spacial score (nSPS) is 25.9. The van der Waals surface area contributed by atoms with Crippen molar-refractivity contribution < 1.29 is 19.4 Å². The third-order valence-corrected chi connectivity index (χ3v) is 5.88. The fourth-order valence-electron chi connectivity index (χ4n) is 4.16. The van der Waals surface area contributed by atoms with Crippen LogP contribution in [0.25, 0.3) is 0 Å². The molecule has 2 fully saturated rings. The van der Waals surface area contributed by atoms with Crippen LogP contribution in [0.5, 0.6) is 0 Å². The van der Waals surface area contributed by atoms with Gasteiger partial charge >= 0.3 is 5.97 Å². The lowest BCUT2D eigenvalue weighted by Crippen LogP contribution is -2.33.